The zero-order valence-corrected chi connectivity index (χ0v) is 19.1. The van der Waals surface area contributed by atoms with Gasteiger partial charge in [0.2, 0.25) is 0 Å². The highest BCUT2D eigenvalue weighted by Gasteiger charge is 2.44. The van der Waals surface area contributed by atoms with Crippen LogP contribution >= 0.6 is 0 Å². The lowest BCUT2D eigenvalue weighted by atomic mass is 9.71. The summed E-state index contributed by atoms with van der Waals surface area (Å²) in [4.78, 5) is 27.6. The number of hydrogen-bond donors (Lipinski definition) is 1. The minimum absolute atomic E-state index is 0.0430. The summed E-state index contributed by atoms with van der Waals surface area (Å²) in [5, 5.41) is 11.8. The Labute approximate surface area is 188 Å². The second-order valence-corrected chi connectivity index (χ2v) is 10.0. The van der Waals surface area contributed by atoms with E-state index in [2.05, 4.69) is 0 Å². The number of ether oxygens (including phenoxy) is 1. The van der Waals surface area contributed by atoms with Crippen LogP contribution in [-0.2, 0) is 17.6 Å². The van der Waals surface area contributed by atoms with Crippen molar-refractivity contribution in [2.45, 2.75) is 83.3 Å². The molecule has 0 spiro atoms. The molecule has 1 aromatic heterocycles. The molecule has 5 rings (SSSR count). The van der Waals surface area contributed by atoms with Crippen molar-refractivity contribution in [3.8, 4) is 5.75 Å². The molecule has 2 fully saturated rings. The third-order valence-electron chi connectivity index (χ3n) is 7.82. The van der Waals surface area contributed by atoms with Gasteiger partial charge in [-0.05, 0) is 82.1 Å². The van der Waals surface area contributed by atoms with Crippen molar-refractivity contribution in [1.29, 1.82) is 0 Å². The Morgan fingerprint density at radius 1 is 1.19 bits per heavy atom. The molecular weight excluding hydrogens is 406 g/mol. The maximum atomic E-state index is 13.3. The van der Waals surface area contributed by atoms with Crippen LogP contribution in [0.1, 0.15) is 68.6 Å². The summed E-state index contributed by atoms with van der Waals surface area (Å²) in [6, 6.07) is 3.82. The molecule has 0 bridgehead atoms. The van der Waals surface area contributed by atoms with Crippen molar-refractivity contribution >= 4 is 16.9 Å². The van der Waals surface area contributed by atoms with E-state index in [0.29, 0.717) is 30.8 Å². The molecule has 6 heteroatoms. The molecule has 1 saturated heterocycles. The standard InChI is InChI=1S/C26H33NO5/c1-16-13-21(23-19-8-3-4-9-20(19)25(29)32-22(23)14-16)31-17(2)24(28)27-12-11-26(30)10-6-5-7-18(26)15-27/h13-14,17-18,30H,3-12,15H2,1-2H3/t17-,18-,26-/m0/s1. The summed E-state index contributed by atoms with van der Waals surface area (Å²) in [6.07, 6.45) is 7.57. The smallest absolute Gasteiger partial charge is 0.339 e. The topological polar surface area (TPSA) is 80.0 Å². The highest BCUT2D eigenvalue weighted by Crippen LogP contribution is 2.40. The van der Waals surface area contributed by atoms with Gasteiger partial charge in [0.15, 0.2) is 6.10 Å². The van der Waals surface area contributed by atoms with Gasteiger partial charge < -0.3 is 19.2 Å². The fourth-order valence-electron chi connectivity index (χ4n) is 6.03. The van der Waals surface area contributed by atoms with Crippen LogP contribution in [0.5, 0.6) is 5.75 Å². The minimum atomic E-state index is -0.652. The molecule has 32 heavy (non-hydrogen) atoms. The Bertz CT molecular complexity index is 1110. The summed E-state index contributed by atoms with van der Waals surface area (Å²) >= 11 is 0. The Morgan fingerprint density at radius 2 is 1.97 bits per heavy atom. The molecule has 6 nitrogen and oxygen atoms in total. The Kier molecular flexibility index (Phi) is 5.52. The average Bonchev–Trinajstić information content (AvgIpc) is 2.77. The maximum absolute atomic E-state index is 13.3. The SMILES string of the molecule is Cc1cc(O[C@@H](C)C(=O)N2CC[C@@]3(O)CCCC[C@H]3C2)c2c3c(c(=O)oc2c1)CCCC3. The van der Waals surface area contributed by atoms with Crippen LogP contribution in [0, 0.1) is 12.8 Å². The molecule has 3 atom stereocenters. The number of piperidine rings is 1. The van der Waals surface area contributed by atoms with Crippen LogP contribution in [-0.4, -0.2) is 40.7 Å². The first-order valence-corrected chi connectivity index (χ1v) is 12.1. The van der Waals surface area contributed by atoms with Gasteiger partial charge in [0.25, 0.3) is 5.91 Å². The number of amides is 1. The first kappa shape index (κ1) is 21.5. The van der Waals surface area contributed by atoms with Gasteiger partial charge in [-0.2, -0.15) is 0 Å². The molecular formula is C26H33NO5. The van der Waals surface area contributed by atoms with Crippen LogP contribution in [0.15, 0.2) is 21.3 Å². The molecule has 1 aliphatic heterocycles. The molecule has 172 valence electrons. The zero-order valence-electron chi connectivity index (χ0n) is 19.1. The van der Waals surface area contributed by atoms with Crippen LogP contribution in [0.3, 0.4) is 0 Å². The number of carbonyl (C=O) groups is 1. The lowest BCUT2D eigenvalue weighted by molar-refractivity contribution is -0.149. The number of nitrogens with zero attached hydrogens (tertiary/aromatic N) is 1. The Balaban J connectivity index is 1.42. The van der Waals surface area contributed by atoms with Gasteiger partial charge in [-0.25, -0.2) is 4.79 Å². The predicted octanol–water partition coefficient (Wildman–Crippen LogP) is 3.90. The maximum Gasteiger partial charge on any atom is 0.339 e. The molecule has 1 N–H and O–H groups in total. The van der Waals surface area contributed by atoms with Crippen molar-refractivity contribution in [1.82, 2.24) is 4.90 Å². The molecule has 1 saturated carbocycles. The van der Waals surface area contributed by atoms with Crippen LogP contribution in [0.25, 0.3) is 11.0 Å². The number of hydrogen-bond acceptors (Lipinski definition) is 5. The van der Waals surface area contributed by atoms with Gasteiger partial charge in [0.05, 0.1) is 11.0 Å². The lowest BCUT2D eigenvalue weighted by Crippen LogP contribution is -2.56. The van der Waals surface area contributed by atoms with Crippen molar-refractivity contribution in [2.24, 2.45) is 5.92 Å². The van der Waals surface area contributed by atoms with Gasteiger partial charge in [0.1, 0.15) is 11.3 Å². The van der Waals surface area contributed by atoms with E-state index in [0.717, 1.165) is 73.4 Å². The third-order valence-corrected chi connectivity index (χ3v) is 7.82. The molecule has 2 aromatic rings. The van der Waals surface area contributed by atoms with E-state index in [1.165, 1.54) is 0 Å². The van der Waals surface area contributed by atoms with E-state index in [1.807, 2.05) is 24.0 Å². The van der Waals surface area contributed by atoms with E-state index in [4.69, 9.17) is 9.15 Å². The molecule has 1 aromatic carbocycles. The lowest BCUT2D eigenvalue weighted by Gasteiger charge is -2.47. The van der Waals surface area contributed by atoms with Gasteiger partial charge >= 0.3 is 5.63 Å². The molecule has 3 aliphatic rings. The number of benzene rings is 1. The molecule has 1 amide bonds. The number of aryl methyl sites for hydroxylation is 2. The first-order valence-electron chi connectivity index (χ1n) is 12.1. The number of rotatable bonds is 3. The third kappa shape index (κ3) is 3.72. The van der Waals surface area contributed by atoms with Gasteiger partial charge in [-0.15, -0.1) is 0 Å². The number of fused-ring (bicyclic) bond motifs is 4. The molecule has 0 unspecified atom stereocenters. The van der Waals surface area contributed by atoms with Crippen molar-refractivity contribution in [3.05, 3.63) is 39.2 Å². The van der Waals surface area contributed by atoms with Crippen molar-refractivity contribution in [2.75, 3.05) is 13.1 Å². The van der Waals surface area contributed by atoms with Gasteiger partial charge in [-0.1, -0.05) is 12.8 Å². The van der Waals surface area contributed by atoms with Crippen LogP contribution in [0.2, 0.25) is 0 Å². The van der Waals surface area contributed by atoms with Gasteiger partial charge in [0, 0.05) is 24.6 Å². The fraction of sp³-hybridized carbons (Fsp3) is 0.615. The van der Waals surface area contributed by atoms with E-state index in [1.54, 1.807) is 6.92 Å². The van der Waals surface area contributed by atoms with E-state index >= 15 is 0 Å². The monoisotopic (exact) mass is 439 g/mol. The number of aliphatic hydroxyl groups is 1. The summed E-state index contributed by atoms with van der Waals surface area (Å²) in [6.45, 7) is 4.90. The molecule has 0 radical (unpaired) electrons. The van der Waals surface area contributed by atoms with Gasteiger partial charge in [-0.3, -0.25) is 4.79 Å². The van der Waals surface area contributed by atoms with E-state index < -0.39 is 11.7 Å². The number of likely N-dealkylation sites (tertiary alicyclic amines) is 1. The van der Waals surface area contributed by atoms with Crippen molar-refractivity contribution in [3.63, 3.8) is 0 Å². The minimum Gasteiger partial charge on any atom is -0.480 e. The summed E-state index contributed by atoms with van der Waals surface area (Å²) in [5.41, 5.74) is 2.38. The molecule has 2 heterocycles. The van der Waals surface area contributed by atoms with E-state index in [-0.39, 0.29) is 17.5 Å². The largest absolute Gasteiger partial charge is 0.480 e. The second kappa shape index (κ2) is 8.22. The average molecular weight is 440 g/mol. The summed E-state index contributed by atoms with van der Waals surface area (Å²) in [7, 11) is 0. The predicted molar refractivity (Wildman–Crippen MR) is 122 cm³/mol. The Hall–Kier alpha value is -2.34. The highest BCUT2D eigenvalue weighted by molar-refractivity contribution is 5.89. The van der Waals surface area contributed by atoms with E-state index in [9.17, 15) is 14.7 Å². The molecule has 2 aliphatic carbocycles. The Morgan fingerprint density at radius 3 is 2.78 bits per heavy atom. The zero-order chi connectivity index (χ0) is 22.5. The quantitative estimate of drug-likeness (QED) is 0.734. The summed E-state index contributed by atoms with van der Waals surface area (Å²) in [5.74, 6) is 0.731. The normalized spacial score (nSPS) is 26.3. The highest BCUT2D eigenvalue weighted by atomic mass is 16.5. The second-order valence-electron chi connectivity index (χ2n) is 10.0. The van der Waals surface area contributed by atoms with Crippen LogP contribution < -0.4 is 10.4 Å². The van der Waals surface area contributed by atoms with Crippen molar-refractivity contribution < 1.29 is 19.1 Å². The van der Waals surface area contributed by atoms with Crippen LogP contribution in [0.4, 0.5) is 0 Å². The fourth-order valence-corrected chi connectivity index (χ4v) is 6.03. The number of carbonyl (C=O) groups excluding carboxylic acids is 1. The summed E-state index contributed by atoms with van der Waals surface area (Å²) < 4.78 is 11.9. The first-order chi connectivity index (χ1) is 15.4.